The Morgan fingerprint density at radius 1 is 1.08 bits per heavy atom. The van der Waals surface area contributed by atoms with Crippen molar-refractivity contribution in [2.24, 2.45) is 0 Å². The summed E-state index contributed by atoms with van der Waals surface area (Å²) in [5, 5.41) is 12.3. The van der Waals surface area contributed by atoms with Crippen LogP contribution in [0, 0.1) is 18.3 Å². The number of nitriles is 1. The minimum absolute atomic E-state index is 0.615. The van der Waals surface area contributed by atoms with Crippen molar-refractivity contribution in [2.75, 3.05) is 16.8 Å². The van der Waals surface area contributed by atoms with Gasteiger partial charge in [-0.3, -0.25) is 0 Å². The number of rotatable bonds is 3. The zero-order chi connectivity index (χ0) is 17.2. The van der Waals surface area contributed by atoms with E-state index in [1.165, 1.54) is 11.3 Å². The Labute approximate surface area is 146 Å². The van der Waals surface area contributed by atoms with Crippen molar-refractivity contribution < 1.29 is 0 Å². The van der Waals surface area contributed by atoms with E-state index < -0.39 is 0 Å². The number of aryl methyl sites for hydroxylation is 1. The molecule has 122 valence electrons. The smallest absolute Gasteiger partial charge is 0.138 e. The molecule has 5 nitrogen and oxygen atoms in total. The summed E-state index contributed by atoms with van der Waals surface area (Å²) in [4.78, 5) is 11.3. The van der Waals surface area contributed by atoms with Gasteiger partial charge < -0.3 is 10.2 Å². The molecule has 1 aliphatic heterocycles. The van der Waals surface area contributed by atoms with Crippen molar-refractivity contribution in [2.45, 2.75) is 13.3 Å². The minimum atomic E-state index is 0.615. The first kappa shape index (κ1) is 15.2. The molecule has 2 heterocycles. The topological polar surface area (TPSA) is 64.8 Å². The predicted octanol–water partition coefficient (Wildman–Crippen LogP) is 4.09. The fourth-order valence-electron chi connectivity index (χ4n) is 3.14. The highest BCUT2D eigenvalue weighted by atomic mass is 15.2. The van der Waals surface area contributed by atoms with Gasteiger partial charge in [0, 0.05) is 24.0 Å². The van der Waals surface area contributed by atoms with Gasteiger partial charge in [-0.2, -0.15) is 5.26 Å². The first-order valence-corrected chi connectivity index (χ1v) is 8.21. The molecule has 0 atom stereocenters. The largest absolute Gasteiger partial charge is 0.340 e. The molecule has 1 aliphatic rings. The molecule has 0 unspecified atom stereocenters. The zero-order valence-corrected chi connectivity index (χ0v) is 13.9. The average Bonchev–Trinajstić information content (AvgIpc) is 3.05. The molecule has 0 bridgehead atoms. The maximum absolute atomic E-state index is 9.04. The number of nitrogens with one attached hydrogen (secondary N) is 1. The molecule has 0 amide bonds. The van der Waals surface area contributed by atoms with Crippen LogP contribution in [0.4, 0.5) is 23.0 Å². The second kappa shape index (κ2) is 6.25. The van der Waals surface area contributed by atoms with Crippen LogP contribution in [-0.4, -0.2) is 16.5 Å². The zero-order valence-electron chi connectivity index (χ0n) is 13.9. The molecule has 0 saturated carbocycles. The highest BCUT2D eigenvalue weighted by Crippen LogP contribution is 2.34. The quantitative estimate of drug-likeness (QED) is 0.785. The van der Waals surface area contributed by atoms with Crippen LogP contribution in [0.2, 0.25) is 0 Å². The minimum Gasteiger partial charge on any atom is -0.340 e. The molecule has 25 heavy (non-hydrogen) atoms. The van der Waals surface area contributed by atoms with Gasteiger partial charge >= 0.3 is 0 Å². The van der Waals surface area contributed by atoms with Crippen LogP contribution in [0.25, 0.3) is 0 Å². The summed E-state index contributed by atoms with van der Waals surface area (Å²) in [5.74, 6) is 2.32. The van der Waals surface area contributed by atoms with Crippen LogP contribution < -0.4 is 10.2 Å². The Kier molecular flexibility index (Phi) is 3.79. The van der Waals surface area contributed by atoms with E-state index in [-0.39, 0.29) is 0 Å². The third-order valence-corrected chi connectivity index (χ3v) is 4.25. The number of hydrogen-bond donors (Lipinski definition) is 1. The molecular formula is C20H17N5. The third kappa shape index (κ3) is 3.02. The molecule has 5 heteroatoms. The lowest BCUT2D eigenvalue weighted by atomic mass is 10.2. The second-order valence-corrected chi connectivity index (χ2v) is 6.01. The Balaban J connectivity index is 1.67. The van der Waals surface area contributed by atoms with Crippen molar-refractivity contribution in [3.05, 3.63) is 71.5 Å². The van der Waals surface area contributed by atoms with E-state index in [4.69, 9.17) is 5.26 Å². The van der Waals surface area contributed by atoms with Gasteiger partial charge in [-0.15, -0.1) is 0 Å². The maximum Gasteiger partial charge on any atom is 0.138 e. The highest BCUT2D eigenvalue weighted by Gasteiger charge is 2.21. The Hall–Kier alpha value is -3.39. The average molecular weight is 327 g/mol. The van der Waals surface area contributed by atoms with Gasteiger partial charge in [0.25, 0.3) is 0 Å². The standard InChI is InChI=1S/C20H17N5/c1-14-22-19(24-17-7-4-5-15(11-17)13-21)12-20(23-14)25-10-9-16-6-2-3-8-18(16)25/h2-8,11-12H,9-10H2,1H3,(H,22,23,24). The van der Waals surface area contributed by atoms with E-state index >= 15 is 0 Å². The Morgan fingerprint density at radius 3 is 2.84 bits per heavy atom. The molecule has 0 saturated heterocycles. The lowest BCUT2D eigenvalue weighted by Crippen LogP contribution is -2.16. The summed E-state index contributed by atoms with van der Waals surface area (Å²) in [6.45, 7) is 2.81. The van der Waals surface area contributed by atoms with E-state index in [1.807, 2.05) is 31.2 Å². The van der Waals surface area contributed by atoms with Crippen LogP contribution in [0.1, 0.15) is 17.0 Å². The summed E-state index contributed by atoms with van der Waals surface area (Å²) in [6, 6.07) is 19.9. The fourth-order valence-corrected chi connectivity index (χ4v) is 3.14. The normalized spacial score (nSPS) is 12.6. The van der Waals surface area contributed by atoms with E-state index in [0.717, 1.165) is 30.3 Å². The molecule has 1 N–H and O–H groups in total. The number of benzene rings is 2. The number of fused-ring (bicyclic) bond motifs is 1. The van der Waals surface area contributed by atoms with Gasteiger partial charge in [-0.1, -0.05) is 24.3 Å². The molecule has 0 aliphatic carbocycles. The SMILES string of the molecule is Cc1nc(Nc2cccc(C#N)c2)cc(N2CCc3ccccc32)n1. The van der Waals surface area contributed by atoms with Crippen LogP contribution in [0.15, 0.2) is 54.6 Å². The van der Waals surface area contributed by atoms with E-state index in [1.54, 1.807) is 6.07 Å². The first-order valence-electron chi connectivity index (χ1n) is 8.21. The number of aromatic nitrogens is 2. The summed E-state index contributed by atoms with van der Waals surface area (Å²) in [7, 11) is 0. The van der Waals surface area contributed by atoms with E-state index in [0.29, 0.717) is 11.4 Å². The number of hydrogen-bond acceptors (Lipinski definition) is 5. The van der Waals surface area contributed by atoms with Crippen LogP contribution >= 0.6 is 0 Å². The van der Waals surface area contributed by atoms with Gasteiger partial charge in [0.15, 0.2) is 0 Å². The molecule has 3 aromatic rings. The molecule has 0 radical (unpaired) electrons. The van der Waals surface area contributed by atoms with Gasteiger partial charge in [0.05, 0.1) is 11.6 Å². The van der Waals surface area contributed by atoms with Crippen molar-refractivity contribution in [3.8, 4) is 6.07 Å². The molecule has 2 aromatic carbocycles. The summed E-state index contributed by atoms with van der Waals surface area (Å²) in [6.07, 6.45) is 1.02. The van der Waals surface area contributed by atoms with Crippen LogP contribution in [0.3, 0.4) is 0 Å². The Bertz CT molecular complexity index is 974. The van der Waals surface area contributed by atoms with Crippen LogP contribution in [-0.2, 0) is 6.42 Å². The highest BCUT2D eigenvalue weighted by molar-refractivity contribution is 5.70. The number of nitrogens with zero attached hydrogens (tertiary/aromatic N) is 4. The van der Waals surface area contributed by atoms with Crippen molar-refractivity contribution in [1.82, 2.24) is 9.97 Å². The molecule has 0 spiro atoms. The second-order valence-electron chi connectivity index (χ2n) is 6.01. The Morgan fingerprint density at radius 2 is 1.96 bits per heavy atom. The third-order valence-electron chi connectivity index (χ3n) is 4.25. The molecule has 0 fully saturated rings. The van der Waals surface area contributed by atoms with Crippen molar-refractivity contribution >= 4 is 23.0 Å². The summed E-state index contributed by atoms with van der Waals surface area (Å²) < 4.78 is 0. The lowest BCUT2D eigenvalue weighted by Gasteiger charge is -2.19. The summed E-state index contributed by atoms with van der Waals surface area (Å²) in [5.41, 5.74) is 4.00. The monoisotopic (exact) mass is 327 g/mol. The van der Waals surface area contributed by atoms with E-state index in [2.05, 4.69) is 50.5 Å². The van der Waals surface area contributed by atoms with Crippen molar-refractivity contribution in [1.29, 1.82) is 5.26 Å². The predicted molar refractivity (Wildman–Crippen MR) is 98.4 cm³/mol. The lowest BCUT2D eigenvalue weighted by molar-refractivity contribution is 0.947. The maximum atomic E-state index is 9.04. The van der Waals surface area contributed by atoms with E-state index in [9.17, 15) is 0 Å². The number of anilines is 4. The molecular weight excluding hydrogens is 310 g/mol. The molecule has 4 rings (SSSR count). The van der Waals surface area contributed by atoms with Crippen molar-refractivity contribution in [3.63, 3.8) is 0 Å². The fraction of sp³-hybridized carbons (Fsp3) is 0.150. The summed E-state index contributed by atoms with van der Waals surface area (Å²) >= 11 is 0. The van der Waals surface area contributed by atoms with Gasteiger partial charge in [0.2, 0.25) is 0 Å². The molecule has 1 aromatic heterocycles. The van der Waals surface area contributed by atoms with Crippen LogP contribution in [0.5, 0.6) is 0 Å². The first-order chi connectivity index (χ1) is 12.2. The number of para-hydroxylation sites is 1. The van der Waals surface area contributed by atoms with Gasteiger partial charge in [-0.25, -0.2) is 9.97 Å². The van der Waals surface area contributed by atoms with Gasteiger partial charge in [0.1, 0.15) is 17.5 Å². The van der Waals surface area contributed by atoms with Gasteiger partial charge in [-0.05, 0) is 43.2 Å².